The van der Waals surface area contributed by atoms with Crippen molar-refractivity contribution in [2.75, 3.05) is 0 Å². The first-order valence-corrected chi connectivity index (χ1v) is 6.27. The van der Waals surface area contributed by atoms with E-state index >= 15 is 0 Å². The Morgan fingerprint density at radius 2 is 1.90 bits per heavy atom. The lowest BCUT2D eigenvalue weighted by atomic mass is 10.2. The topological polar surface area (TPSA) is 39.2 Å². The average Bonchev–Trinajstić information content (AvgIpc) is 2.41. The Bertz CT molecular complexity index is 671. The van der Waals surface area contributed by atoms with Gasteiger partial charge in [0.2, 0.25) is 0 Å². The van der Waals surface area contributed by atoms with E-state index in [-0.39, 0.29) is 11.3 Å². The summed E-state index contributed by atoms with van der Waals surface area (Å²) in [6.07, 6.45) is -3.87. The van der Waals surface area contributed by atoms with Gasteiger partial charge in [0, 0.05) is 10.7 Å². The monoisotopic (exact) mass is 363 g/mol. The lowest BCUT2D eigenvalue weighted by Crippen LogP contribution is -2.12. The molecule has 0 fully saturated rings. The molecule has 21 heavy (non-hydrogen) atoms. The van der Waals surface area contributed by atoms with Crippen molar-refractivity contribution in [3.05, 3.63) is 58.1 Å². The molecule has 0 unspecified atom stereocenters. The zero-order valence-corrected chi connectivity index (χ0v) is 11.7. The van der Waals surface area contributed by atoms with Crippen molar-refractivity contribution in [2.45, 2.75) is 6.18 Å². The summed E-state index contributed by atoms with van der Waals surface area (Å²) >= 11 is 3.04. The van der Waals surface area contributed by atoms with Gasteiger partial charge >= 0.3 is 12.1 Å². The molecule has 1 heterocycles. The van der Waals surface area contributed by atoms with E-state index in [1.165, 1.54) is 12.1 Å². The fraction of sp³-hybridized carbons (Fsp3) is 0.0769. The summed E-state index contributed by atoms with van der Waals surface area (Å²) in [5.41, 5.74) is -1.35. The molecule has 0 aliphatic rings. The number of benzene rings is 1. The van der Waals surface area contributed by atoms with Crippen molar-refractivity contribution < 1.29 is 27.1 Å². The van der Waals surface area contributed by atoms with Gasteiger partial charge in [0.15, 0.2) is 11.6 Å². The first-order chi connectivity index (χ1) is 9.77. The van der Waals surface area contributed by atoms with E-state index in [2.05, 4.69) is 20.9 Å². The summed E-state index contributed by atoms with van der Waals surface area (Å²) in [4.78, 5) is 14.8. The maximum atomic E-state index is 13.5. The Kier molecular flexibility index (Phi) is 4.26. The van der Waals surface area contributed by atoms with Gasteiger partial charge < -0.3 is 4.74 Å². The Morgan fingerprint density at radius 1 is 1.19 bits per heavy atom. The van der Waals surface area contributed by atoms with Crippen LogP contribution in [0.15, 0.2) is 41.0 Å². The predicted octanol–water partition coefficient (Wildman–Crippen LogP) is 4.22. The van der Waals surface area contributed by atoms with Crippen LogP contribution in [0.4, 0.5) is 17.6 Å². The zero-order valence-electron chi connectivity index (χ0n) is 10.1. The van der Waals surface area contributed by atoms with Crippen LogP contribution in [0.2, 0.25) is 0 Å². The predicted molar refractivity (Wildman–Crippen MR) is 68.3 cm³/mol. The summed E-state index contributed by atoms with van der Waals surface area (Å²) in [6, 6.07) is 5.32. The summed E-state index contributed by atoms with van der Waals surface area (Å²) in [5, 5.41) is 0. The third kappa shape index (κ3) is 3.78. The number of hydrogen-bond acceptors (Lipinski definition) is 3. The van der Waals surface area contributed by atoms with Crippen molar-refractivity contribution in [3.63, 3.8) is 0 Å². The summed E-state index contributed by atoms with van der Waals surface area (Å²) in [5.74, 6) is -2.11. The maximum Gasteiger partial charge on any atom is 0.433 e. The van der Waals surface area contributed by atoms with E-state index in [1.54, 1.807) is 0 Å². The Balaban J connectivity index is 2.17. The molecule has 8 heteroatoms. The molecule has 0 bridgehead atoms. The quantitative estimate of drug-likeness (QED) is 0.455. The Labute approximate surface area is 124 Å². The van der Waals surface area contributed by atoms with Crippen LogP contribution in [0.1, 0.15) is 16.1 Å². The standard InChI is InChI=1S/C13H6BrF4NO2/c14-8-2-3-10(9(15)5-8)21-12(20)7-1-4-11(19-6-7)13(16,17)18/h1-6H. The summed E-state index contributed by atoms with van der Waals surface area (Å²) in [7, 11) is 0. The molecule has 0 radical (unpaired) electrons. The molecule has 0 saturated heterocycles. The number of carbonyl (C=O) groups excluding carboxylic acids is 1. The average molecular weight is 364 g/mol. The fourth-order valence-corrected chi connectivity index (χ4v) is 1.73. The molecule has 0 aliphatic heterocycles. The van der Waals surface area contributed by atoms with E-state index in [4.69, 9.17) is 4.74 Å². The summed E-state index contributed by atoms with van der Waals surface area (Å²) < 4.78 is 55.7. The minimum Gasteiger partial charge on any atom is -0.420 e. The van der Waals surface area contributed by atoms with Crippen molar-refractivity contribution in [3.8, 4) is 5.75 Å². The molecule has 1 aromatic carbocycles. The van der Waals surface area contributed by atoms with Crippen molar-refractivity contribution in [1.29, 1.82) is 0 Å². The van der Waals surface area contributed by atoms with E-state index < -0.39 is 23.7 Å². The highest BCUT2D eigenvalue weighted by atomic mass is 79.9. The first kappa shape index (κ1) is 15.4. The number of pyridine rings is 1. The molecule has 0 saturated carbocycles. The van der Waals surface area contributed by atoms with E-state index in [1.807, 2.05) is 0 Å². The van der Waals surface area contributed by atoms with E-state index in [0.29, 0.717) is 10.5 Å². The Morgan fingerprint density at radius 3 is 2.43 bits per heavy atom. The molecule has 0 aliphatic carbocycles. The van der Waals surface area contributed by atoms with Crippen LogP contribution in [-0.4, -0.2) is 11.0 Å². The van der Waals surface area contributed by atoms with Gasteiger partial charge in [0.25, 0.3) is 0 Å². The van der Waals surface area contributed by atoms with Crippen LogP contribution < -0.4 is 4.74 Å². The van der Waals surface area contributed by atoms with Crippen LogP contribution in [0.25, 0.3) is 0 Å². The minimum absolute atomic E-state index is 0.217. The molecule has 2 aromatic rings. The van der Waals surface area contributed by atoms with Gasteiger partial charge in [-0.05, 0) is 30.3 Å². The number of carbonyl (C=O) groups is 1. The molecule has 0 amide bonds. The van der Waals surface area contributed by atoms with Crippen molar-refractivity contribution >= 4 is 21.9 Å². The highest BCUT2D eigenvalue weighted by Gasteiger charge is 2.32. The first-order valence-electron chi connectivity index (χ1n) is 5.48. The van der Waals surface area contributed by atoms with Crippen LogP contribution >= 0.6 is 15.9 Å². The van der Waals surface area contributed by atoms with Gasteiger partial charge in [0.1, 0.15) is 5.69 Å². The number of ether oxygens (including phenoxy) is 1. The molecule has 0 atom stereocenters. The molecular weight excluding hydrogens is 358 g/mol. The normalized spacial score (nSPS) is 11.3. The fourth-order valence-electron chi connectivity index (χ4n) is 1.40. The number of alkyl halides is 3. The van der Waals surface area contributed by atoms with Crippen LogP contribution in [0.5, 0.6) is 5.75 Å². The van der Waals surface area contributed by atoms with Crippen LogP contribution in [0.3, 0.4) is 0 Å². The van der Waals surface area contributed by atoms with Crippen molar-refractivity contribution in [2.24, 2.45) is 0 Å². The van der Waals surface area contributed by atoms with Gasteiger partial charge in [-0.2, -0.15) is 13.2 Å². The molecule has 1 aromatic heterocycles. The van der Waals surface area contributed by atoms with Gasteiger partial charge in [-0.1, -0.05) is 15.9 Å². The maximum absolute atomic E-state index is 13.5. The van der Waals surface area contributed by atoms with Gasteiger partial charge in [-0.3, -0.25) is 4.98 Å². The van der Waals surface area contributed by atoms with Gasteiger partial charge in [-0.25, -0.2) is 9.18 Å². The second-order valence-electron chi connectivity index (χ2n) is 3.89. The van der Waals surface area contributed by atoms with Gasteiger partial charge in [-0.15, -0.1) is 0 Å². The Hall–Kier alpha value is -1.96. The highest BCUT2D eigenvalue weighted by Crippen LogP contribution is 2.27. The lowest BCUT2D eigenvalue weighted by Gasteiger charge is -2.07. The third-order valence-electron chi connectivity index (χ3n) is 2.39. The largest absolute Gasteiger partial charge is 0.433 e. The van der Waals surface area contributed by atoms with Crippen LogP contribution in [-0.2, 0) is 6.18 Å². The highest BCUT2D eigenvalue weighted by molar-refractivity contribution is 9.10. The molecular formula is C13H6BrF4NO2. The van der Waals surface area contributed by atoms with Crippen molar-refractivity contribution in [1.82, 2.24) is 4.98 Å². The van der Waals surface area contributed by atoms with E-state index in [0.717, 1.165) is 18.3 Å². The van der Waals surface area contributed by atoms with Crippen LogP contribution in [0, 0.1) is 5.82 Å². The smallest absolute Gasteiger partial charge is 0.420 e. The number of halogens is 5. The SMILES string of the molecule is O=C(Oc1ccc(Br)cc1F)c1ccc(C(F)(F)F)nc1. The number of hydrogen-bond donors (Lipinski definition) is 0. The number of esters is 1. The molecule has 110 valence electrons. The zero-order chi connectivity index (χ0) is 15.6. The molecule has 0 N–H and O–H groups in total. The minimum atomic E-state index is -4.60. The second kappa shape index (κ2) is 5.80. The van der Waals surface area contributed by atoms with E-state index in [9.17, 15) is 22.4 Å². The second-order valence-corrected chi connectivity index (χ2v) is 4.81. The van der Waals surface area contributed by atoms with Gasteiger partial charge in [0.05, 0.1) is 5.56 Å². The molecule has 0 spiro atoms. The molecule has 3 nitrogen and oxygen atoms in total. The summed E-state index contributed by atoms with van der Waals surface area (Å²) in [6.45, 7) is 0. The third-order valence-corrected chi connectivity index (χ3v) is 2.88. The number of rotatable bonds is 2. The number of aromatic nitrogens is 1. The number of nitrogens with zero attached hydrogens (tertiary/aromatic N) is 1. The molecule has 2 rings (SSSR count). The lowest BCUT2D eigenvalue weighted by molar-refractivity contribution is -0.141.